The average molecular weight is 267 g/mol. The molecule has 20 heavy (non-hydrogen) atoms. The van der Waals surface area contributed by atoms with Crippen LogP contribution in [0.4, 0.5) is 11.4 Å². The maximum absolute atomic E-state index is 12.8. The minimum absolute atomic E-state index is 0.0425. The number of anilines is 2. The molecule has 1 amide bonds. The molecular weight excluding hydrogens is 250 g/mol. The predicted molar refractivity (Wildman–Crippen MR) is 79.8 cm³/mol. The molecule has 0 saturated carbocycles. The van der Waals surface area contributed by atoms with E-state index < -0.39 is 0 Å². The number of benzene rings is 1. The number of amides is 1. The monoisotopic (exact) mass is 267 g/mol. The van der Waals surface area contributed by atoms with E-state index in [0.717, 1.165) is 28.9 Å². The number of nitrogen functional groups attached to an aromatic ring is 1. The van der Waals surface area contributed by atoms with Crippen molar-refractivity contribution >= 4 is 17.3 Å². The molecular formula is C16H17N3O. The van der Waals surface area contributed by atoms with Crippen LogP contribution in [0.1, 0.15) is 28.5 Å². The second-order valence-electron chi connectivity index (χ2n) is 5.29. The molecule has 2 heterocycles. The molecule has 0 spiro atoms. The number of fused-ring (bicyclic) bond motifs is 1. The van der Waals surface area contributed by atoms with Gasteiger partial charge in [-0.2, -0.15) is 0 Å². The molecule has 1 aliphatic rings. The molecule has 1 atom stereocenters. The SMILES string of the molecule is Cc1cccnc1C(=O)N1c2ccc(N)cc2CC1C. The Balaban J connectivity index is 2.04. The van der Waals surface area contributed by atoms with Crippen LogP contribution in [0.2, 0.25) is 0 Å². The molecule has 1 aromatic heterocycles. The van der Waals surface area contributed by atoms with Crippen molar-refractivity contribution in [3.63, 3.8) is 0 Å². The molecule has 3 rings (SSSR count). The van der Waals surface area contributed by atoms with E-state index >= 15 is 0 Å². The maximum Gasteiger partial charge on any atom is 0.277 e. The van der Waals surface area contributed by atoms with Gasteiger partial charge in [0.15, 0.2) is 0 Å². The van der Waals surface area contributed by atoms with Gasteiger partial charge in [0.1, 0.15) is 5.69 Å². The van der Waals surface area contributed by atoms with Gasteiger partial charge in [0, 0.05) is 23.6 Å². The molecule has 102 valence electrons. The lowest BCUT2D eigenvalue weighted by molar-refractivity contribution is 0.0976. The Labute approximate surface area is 118 Å². The minimum Gasteiger partial charge on any atom is -0.399 e. The van der Waals surface area contributed by atoms with Gasteiger partial charge in [-0.05, 0) is 55.7 Å². The summed E-state index contributed by atoms with van der Waals surface area (Å²) in [4.78, 5) is 18.8. The molecule has 1 unspecified atom stereocenters. The summed E-state index contributed by atoms with van der Waals surface area (Å²) in [5.74, 6) is -0.0425. The van der Waals surface area contributed by atoms with Crippen LogP contribution in [0.5, 0.6) is 0 Å². The molecule has 4 nitrogen and oxygen atoms in total. The first-order valence-electron chi connectivity index (χ1n) is 6.71. The number of nitrogens with two attached hydrogens (primary N) is 1. The first kappa shape index (κ1) is 12.7. The molecule has 0 aliphatic carbocycles. The van der Waals surface area contributed by atoms with E-state index in [2.05, 4.69) is 4.98 Å². The molecule has 1 aromatic carbocycles. The number of aryl methyl sites for hydroxylation is 1. The van der Waals surface area contributed by atoms with Crippen LogP contribution in [0.15, 0.2) is 36.5 Å². The fraction of sp³-hybridized carbons (Fsp3) is 0.250. The molecule has 0 saturated heterocycles. The van der Waals surface area contributed by atoms with Gasteiger partial charge in [-0.25, -0.2) is 0 Å². The van der Waals surface area contributed by atoms with Crippen molar-refractivity contribution in [1.82, 2.24) is 4.98 Å². The number of carbonyl (C=O) groups is 1. The summed E-state index contributed by atoms with van der Waals surface area (Å²) in [7, 11) is 0. The van der Waals surface area contributed by atoms with E-state index in [-0.39, 0.29) is 11.9 Å². The highest BCUT2D eigenvalue weighted by atomic mass is 16.2. The zero-order valence-electron chi connectivity index (χ0n) is 11.6. The van der Waals surface area contributed by atoms with Gasteiger partial charge in [0.25, 0.3) is 5.91 Å². The lowest BCUT2D eigenvalue weighted by Crippen LogP contribution is -2.36. The van der Waals surface area contributed by atoms with Crippen molar-refractivity contribution in [2.24, 2.45) is 0 Å². The largest absolute Gasteiger partial charge is 0.399 e. The molecule has 1 aliphatic heterocycles. The first-order chi connectivity index (χ1) is 9.58. The third kappa shape index (κ3) is 1.93. The van der Waals surface area contributed by atoms with E-state index in [4.69, 9.17) is 5.73 Å². The fourth-order valence-corrected chi connectivity index (χ4v) is 2.78. The highest BCUT2D eigenvalue weighted by Gasteiger charge is 2.32. The number of aromatic nitrogens is 1. The number of rotatable bonds is 1. The van der Waals surface area contributed by atoms with Gasteiger partial charge in [0.05, 0.1) is 0 Å². The molecule has 2 aromatic rings. The normalized spacial score (nSPS) is 17.1. The van der Waals surface area contributed by atoms with Gasteiger partial charge >= 0.3 is 0 Å². The summed E-state index contributed by atoms with van der Waals surface area (Å²) in [5.41, 5.74) is 10.0. The predicted octanol–water partition coefficient (Wildman–Crippen LogP) is 2.56. The summed E-state index contributed by atoms with van der Waals surface area (Å²) >= 11 is 0. The van der Waals surface area contributed by atoms with Crippen molar-refractivity contribution in [1.29, 1.82) is 0 Å². The second-order valence-corrected chi connectivity index (χ2v) is 5.29. The van der Waals surface area contributed by atoms with E-state index in [1.165, 1.54) is 0 Å². The third-order valence-corrected chi connectivity index (χ3v) is 3.75. The van der Waals surface area contributed by atoms with Crippen LogP contribution in [-0.2, 0) is 6.42 Å². The van der Waals surface area contributed by atoms with Crippen molar-refractivity contribution in [2.75, 3.05) is 10.6 Å². The van der Waals surface area contributed by atoms with Crippen LogP contribution in [0.3, 0.4) is 0 Å². The van der Waals surface area contributed by atoms with Crippen molar-refractivity contribution in [2.45, 2.75) is 26.3 Å². The van der Waals surface area contributed by atoms with Gasteiger partial charge in [-0.1, -0.05) is 6.07 Å². The standard InChI is InChI=1S/C16H17N3O/c1-10-4-3-7-18-15(10)16(20)19-11(2)8-12-9-13(17)5-6-14(12)19/h3-7,9,11H,8,17H2,1-2H3. The topological polar surface area (TPSA) is 59.2 Å². The number of pyridine rings is 1. The van der Waals surface area contributed by atoms with Gasteiger partial charge in [0.2, 0.25) is 0 Å². The first-order valence-corrected chi connectivity index (χ1v) is 6.71. The van der Waals surface area contributed by atoms with Crippen LogP contribution in [0.25, 0.3) is 0 Å². The smallest absolute Gasteiger partial charge is 0.277 e. The Morgan fingerprint density at radius 1 is 1.40 bits per heavy atom. The molecule has 2 N–H and O–H groups in total. The average Bonchev–Trinajstić information content (AvgIpc) is 2.73. The Morgan fingerprint density at radius 2 is 2.20 bits per heavy atom. The van der Waals surface area contributed by atoms with E-state index in [0.29, 0.717) is 5.69 Å². The highest BCUT2D eigenvalue weighted by molar-refractivity contribution is 6.07. The summed E-state index contributed by atoms with van der Waals surface area (Å²) in [6.45, 7) is 3.96. The summed E-state index contributed by atoms with van der Waals surface area (Å²) in [6.07, 6.45) is 2.49. The number of hydrogen-bond donors (Lipinski definition) is 1. The lowest BCUT2D eigenvalue weighted by atomic mass is 10.1. The van der Waals surface area contributed by atoms with E-state index in [9.17, 15) is 4.79 Å². The van der Waals surface area contributed by atoms with Gasteiger partial charge in [-0.3, -0.25) is 9.78 Å². The molecule has 0 radical (unpaired) electrons. The maximum atomic E-state index is 12.8. The second kappa shape index (κ2) is 4.63. The van der Waals surface area contributed by atoms with Crippen LogP contribution in [0, 0.1) is 6.92 Å². The zero-order chi connectivity index (χ0) is 14.3. The quantitative estimate of drug-likeness (QED) is 0.808. The molecule has 4 heteroatoms. The number of hydrogen-bond acceptors (Lipinski definition) is 3. The lowest BCUT2D eigenvalue weighted by Gasteiger charge is -2.23. The Morgan fingerprint density at radius 3 is 2.95 bits per heavy atom. The fourth-order valence-electron chi connectivity index (χ4n) is 2.78. The highest BCUT2D eigenvalue weighted by Crippen LogP contribution is 2.34. The minimum atomic E-state index is -0.0425. The van der Waals surface area contributed by atoms with Gasteiger partial charge < -0.3 is 10.6 Å². The zero-order valence-corrected chi connectivity index (χ0v) is 11.6. The molecule has 0 fully saturated rings. The van der Waals surface area contributed by atoms with Crippen molar-refractivity contribution in [3.05, 3.63) is 53.3 Å². The third-order valence-electron chi connectivity index (χ3n) is 3.75. The van der Waals surface area contributed by atoms with Crippen LogP contribution < -0.4 is 10.6 Å². The summed E-state index contributed by atoms with van der Waals surface area (Å²) in [6, 6.07) is 9.58. The van der Waals surface area contributed by atoms with Crippen LogP contribution >= 0.6 is 0 Å². The van der Waals surface area contributed by atoms with Crippen LogP contribution in [-0.4, -0.2) is 16.9 Å². The van der Waals surface area contributed by atoms with E-state index in [1.54, 1.807) is 6.20 Å². The Hall–Kier alpha value is -2.36. The Kier molecular flexibility index (Phi) is 2.93. The number of nitrogens with zero attached hydrogens (tertiary/aromatic N) is 2. The van der Waals surface area contributed by atoms with Crippen molar-refractivity contribution in [3.8, 4) is 0 Å². The molecule has 0 bridgehead atoms. The summed E-state index contributed by atoms with van der Waals surface area (Å²) in [5, 5.41) is 0. The van der Waals surface area contributed by atoms with Gasteiger partial charge in [-0.15, -0.1) is 0 Å². The van der Waals surface area contributed by atoms with E-state index in [1.807, 2.05) is 49.1 Å². The summed E-state index contributed by atoms with van der Waals surface area (Å²) < 4.78 is 0. The Bertz CT molecular complexity index is 681. The number of carbonyl (C=O) groups excluding carboxylic acids is 1. The van der Waals surface area contributed by atoms with Crippen molar-refractivity contribution < 1.29 is 4.79 Å².